The molecule has 1 aromatic carbocycles. The summed E-state index contributed by atoms with van der Waals surface area (Å²) in [5.74, 6) is 0.434. The molecular weight excluding hydrogens is 521 g/mol. The molecule has 0 spiro atoms. The zero-order valence-electron chi connectivity index (χ0n) is 24.4. The number of benzene rings is 1. The maximum atomic E-state index is 14.4. The number of likely N-dealkylation sites (tertiary alicyclic amines) is 1. The van der Waals surface area contributed by atoms with Crippen LogP contribution in [0.4, 0.5) is 9.18 Å². The Labute approximate surface area is 241 Å². The van der Waals surface area contributed by atoms with E-state index in [0.29, 0.717) is 23.1 Å². The molecule has 5 rings (SSSR count). The molecule has 0 bridgehead atoms. The van der Waals surface area contributed by atoms with Crippen LogP contribution in [0.2, 0.25) is 0 Å². The molecule has 3 aromatic rings. The van der Waals surface area contributed by atoms with Gasteiger partial charge in [-0.2, -0.15) is 0 Å². The first kappa shape index (κ1) is 29.0. The summed E-state index contributed by atoms with van der Waals surface area (Å²) >= 11 is 0. The Kier molecular flexibility index (Phi) is 8.92. The first-order valence-electron chi connectivity index (χ1n) is 14.9. The lowest BCUT2D eigenvalue weighted by Gasteiger charge is -2.34. The molecule has 0 atom stereocenters. The van der Waals surface area contributed by atoms with Crippen LogP contribution in [0.1, 0.15) is 80.6 Å². The molecule has 41 heavy (non-hydrogen) atoms. The smallest absolute Gasteiger partial charge is 0.404 e. The molecule has 1 saturated heterocycles. The van der Waals surface area contributed by atoms with Gasteiger partial charge in [0.25, 0.3) is 5.91 Å². The third-order valence-corrected chi connectivity index (χ3v) is 9.24. The zero-order valence-corrected chi connectivity index (χ0v) is 24.4. The number of fused-ring (bicyclic) bond motifs is 1. The highest BCUT2D eigenvalue weighted by molar-refractivity contribution is 5.99. The van der Waals surface area contributed by atoms with Gasteiger partial charge in [-0.15, -0.1) is 0 Å². The average Bonchev–Trinajstić information content (AvgIpc) is 3.35. The van der Waals surface area contributed by atoms with Crippen LogP contribution in [0.25, 0.3) is 16.6 Å². The van der Waals surface area contributed by atoms with Crippen molar-refractivity contribution < 1.29 is 19.1 Å². The molecule has 2 amide bonds. The van der Waals surface area contributed by atoms with Gasteiger partial charge >= 0.3 is 6.09 Å². The summed E-state index contributed by atoms with van der Waals surface area (Å²) in [7, 11) is 1.75. The maximum absolute atomic E-state index is 14.4. The Hall–Kier alpha value is -3.46. The van der Waals surface area contributed by atoms with Gasteiger partial charge in [-0.3, -0.25) is 9.78 Å². The van der Waals surface area contributed by atoms with E-state index >= 15 is 0 Å². The number of pyridine rings is 1. The Morgan fingerprint density at radius 3 is 2.54 bits per heavy atom. The largest absolute Gasteiger partial charge is 0.465 e. The number of amides is 2. The standard InChI is InChI=1S/C32H42FN5O3/c1-21(2)36(3)31(39)27-18-24(33)6-9-29(27)38-20-28(26-10-14-34-19-30(26)38)23-12-16-37(17-13-23)15-11-22-4-7-25(8-5-22)35-32(40)41/h6,9-10,14,18-23,25,35H,4-5,7-8,11-13,15-17H2,1-3H3,(H,40,41)/t22-,25-. The van der Waals surface area contributed by atoms with Gasteiger partial charge in [-0.25, -0.2) is 9.18 Å². The van der Waals surface area contributed by atoms with Gasteiger partial charge in [-0.05, 0) is 120 Å². The molecule has 1 aliphatic heterocycles. The van der Waals surface area contributed by atoms with Crippen molar-refractivity contribution in [2.24, 2.45) is 5.92 Å². The molecule has 1 aliphatic carbocycles. The van der Waals surface area contributed by atoms with Crippen molar-refractivity contribution in [2.75, 3.05) is 26.7 Å². The Morgan fingerprint density at radius 1 is 1.12 bits per heavy atom. The molecule has 2 aliphatic rings. The lowest BCUT2D eigenvalue weighted by Crippen LogP contribution is -2.38. The van der Waals surface area contributed by atoms with Crippen molar-refractivity contribution in [3.8, 4) is 5.69 Å². The lowest BCUT2D eigenvalue weighted by molar-refractivity contribution is 0.0754. The SMILES string of the molecule is CC(C)N(C)C(=O)c1cc(F)ccc1-n1cc(C2CCN(CC[C@H]3CC[C@H](NC(=O)O)CC3)CC2)c2ccncc21. The molecule has 2 fully saturated rings. The van der Waals surface area contributed by atoms with Gasteiger partial charge < -0.3 is 24.8 Å². The molecule has 0 unspecified atom stereocenters. The first-order chi connectivity index (χ1) is 19.7. The van der Waals surface area contributed by atoms with E-state index in [1.165, 1.54) is 24.1 Å². The number of aromatic nitrogens is 2. The van der Waals surface area contributed by atoms with Crippen molar-refractivity contribution in [3.63, 3.8) is 0 Å². The summed E-state index contributed by atoms with van der Waals surface area (Å²) in [6.07, 6.45) is 12.2. The van der Waals surface area contributed by atoms with Crippen LogP contribution in [0.15, 0.2) is 42.9 Å². The molecule has 1 saturated carbocycles. The Morgan fingerprint density at radius 2 is 1.85 bits per heavy atom. The van der Waals surface area contributed by atoms with E-state index in [4.69, 9.17) is 5.11 Å². The van der Waals surface area contributed by atoms with Crippen LogP contribution in [0.3, 0.4) is 0 Å². The van der Waals surface area contributed by atoms with Crippen molar-refractivity contribution in [1.29, 1.82) is 0 Å². The molecule has 8 nitrogen and oxygen atoms in total. The van der Waals surface area contributed by atoms with Crippen LogP contribution < -0.4 is 5.32 Å². The molecule has 0 radical (unpaired) electrons. The van der Waals surface area contributed by atoms with Crippen LogP contribution in [0.5, 0.6) is 0 Å². The number of hydrogen-bond donors (Lipinski definition) is 2. The van der Waals surface area contributed by atoms with Crippen LogP contribution in [0, 0.1) is 11.7 Å². The number of carboxylic acid groups (broad SMARTS) is 1. The van der Waals surface area contributed by atoms with E-state index in [1.807, 2.05) is 36.9 Å². The van der Waals surface area contributed by atoms with E-state index in [2.05, 4.69) is 21.4 Å². The van der Waals surface area contributed by atoms with Crippen LogP contribution >= 0.6 is 0 Å². The zero-order chi connectivity index (χ0) is 29.1. The van der Waals surface area contributed by atoms with Crippen molar-refractivity contribution in [3.05, 3.63) is 59.8 Å². The van der Waals surface area contributed by atoms with Gasteiger partial charge in [-0.1, -0.05) is 0 Å². The average molecular weight is 564 g/mol. The lowest BCUT2D eigenvalue weighted by atomic mass is 9.83. The van der Waals surface area contributed by atoms with Gasteiger partial charge in [0.2, 0.25) is 0 Å². The quantitative estimate of drug-likeness (QED) is 0.349. The maximum Gasteiger partial charge on any atom is 0.404 e. The number of halogens is 1. The summed E-state index contributed by atoms with van der Waals surface area (Å²) in [5.41, 5.74) is 3.19. The predicted molar refractivity (Wildman–Crippen MR) is 158 cm³/mol. The first-order valence-corrected chi connectivity index (χ1v) is 14.9. The van der Waals surface area contributed by atoms with Gasteiger partial charge in [0.05, 0.1) is 23.0 Å². The fourth-order valence-corrected chi connectivity index (χ4v) is 6.54. The van der Waals surface area contributed by atoms with Crippen molar-refractivity contribution >= 4 is 22.9 Å². The Bertz CT molecular complexity index is 1370. The summed E-state index contributed by atoms with van der Waals surface area (Å²) in [5, 5.41) is 12.7. The highest BCUT2D eigenvalue weighted by atomic mass is 19.1. The number of carbonyl (C=O) groups is 2. The molecule has 9 heteroatoms. The van der Waals surface area contributed by atoms with Gasteiger partial charge in [0.15, 0.2) is 0 Å². The predicted octanol–water partition coefficient (Wildman–Crippen LogP) is 6.04. The van der Waals surface area contributed by atoms with Gasteiger partial charge in [0, 0.05) is 36.9 Å². The number of rotatable bonds is 8. The molecule has 3 heterocycles. The fraction of sp³-hybridized carbons (Fsp3) is 0.531. The second-order valence-electron chi connectivity index (χ2n) is 12.1. The van der Waals surface area contributed by atoms with E-state index in [-0.39, 0.29) is 18.0 Å². The minimum absolute atomic E-state index is 0.00796. The van der Waals surface area contributed by atoms with E-state index in [1.54, 1.807) is 18.0 Å². The summed E-state index contributed by atoms with van der Waals surface area (Å²) < 4.78 is 16.4. The summed E-state index contributed by atoms with van der Waals surface area (Å²) in [4.78, 5) is 32.8. The molecule has 2 N–H and O–H groups in total. The highest BCUT2D eigenvalue weighted by Crippen LogP contribution is 2.37. The van der Waals surface area contributed by atoms with E-state index in [0.717, 1.165) is 69.1 Å². The fourth-order valence-electron chi connectivity index (χ4n) is 6.54. The minimum Gasteiger partial charge on any atom is -0.465 e. The molecule has 220 valence electrons. The number of carbonyl (C=O) groups excluding carboxylic acids is 1. The molecular formula is C32H42FN5O3. The number of nitrogens with zero attached hydrogens (tertiary/aromatic N) is 4. The third kappa shape index (κ3) is 6.56. The number of piperidine rings is 1. The minimum atomic E-state index is -0.916. The van der Waals surface area contributed by atoms with E-state index in [9.17, 15) is 14.0 Å². The van der Waals surface area contributed by atoms with Crippen molar-refractivity contribution in [1.82, 2.24) is 24.7 Å². The van der Waals surface area contributed by atoms with Crippen LogP contribution in [-0.2, 0) is 0 Å². The monoisotopic (exact) mass is 563 g/mol. The summed E-state index contributed by atoms with van der Waals surface area (Å²) in [6, 6.07) is 6.60. The highest BCUT2D eigenvalue weighted by Gasteiger charge is 2.27. The summed E-state index contributed by atoms with van der Waals surface area (Å²) in [6.45, 7) is 7.06. The third-order valence-electron chi connectivity index (χ3n) is 9.24. The van der Waals surface area contributed by atoms with Crippen molar-refractivity contribution in [2.45, 2.75) is 76.8 Å². The van der Waals surface area contributed by atoms with Crippen LogP contribution in [-0.4, -0.2) is 75.2 Å². The second-order valence-corrected chi connectivity index (χ2v) is 12.1. The van der Waals surface area contributed by atoms with E-state index < -0.39 is 11.9 Å². The number of nitrogens with one attached hydrogen (secondary N) is 1. The second kappa shape index (κ2) is 12.6. The van der Waals surface area contributed by atoms with Gasteiger partial charge in [0.1, 0.15) is 5.82 Å². The Balaban J connectivity index is 1.28. The topological polar surface area (TPSA) is 90.7 Å². The number of hydrogen-bond acceptors (Lipinski definition) is 4. The normalized spacial score (nSPS) is 20.4. The molecule has 2 aromatic heterocycles.